The Hall–Kier alpha value is -1.85. The number of esters is 1. The Bertz CT molecular complexity index is 475. The first-order chi connectivity index (χ1) is 9.34. The molecule has 0 atom stereocenters. The molecule has 0 aliphatic carbocycles. The van der Waals surface area contributed by atoms with Crippen molar-refractivity contribution in [2.24, 2.45) is 0 Å². The highest BCUT2D eigenvalue weighted by atomic mass is 19.4. The molecule has 1 rings (SSSR count). The first-order valence-corrected chi connectivity index (χ1v) is 6.06. The highest BCUT2D eigenvalue weighted by Crippen LogP contribution is 2.29. The molecule has 0 saturated carbocycles. The molecule has 0 aliphatic rings. The SMILES string of the molecule is CCCCOC(=O)/C(F)=C/c1ccc(C(F)(F)F)cc1. The zero-order chi connectivity index (χ0) is 15.2. The van der Waals surface area contributed by atoms with E-state index in [2.05, 4.69) is 4.74 Å². The fourth-order valence-electron chi connectivity index (χ4n) is 1.35. The predicted octanol–water partition coefficient (Wildman–Crippen LogP) is 4.36. The van der Waals surface area contributed by atoms with Gasteiger partial charge >= 0.3 is 12.1 Å². The fraction of sp³-hybridized carbons (Fsp3) is 0.357. The highest BCUT2D eigenvalue weighted by Gasteiger charge is 2.29. The van der Waals surface area contributed by atoms with E-state index in [4.69, 9.17) is 0 Å². The summed E-state index contributed by atoms with van der Waals surface area (Å²) in [5.74, 6) is -2.25. The second-order valence-corrected chi connectivity index (χ2v) is 4.10. The van der Waals surface area contributed by atoms with Gasteiger partial charge in [0, 0.05) is 0 Å². The second-order valence-electron chi connectivity index (χ2n) is 4.10. The number of rotatable bonds is 5. The Morgan fingerprint density at radius 3 is 2.35 bits per heavy atom. The van der Waals surface area contributed by atoms with Gasteiger partial charge in [-0.05, 0) is 30.2 Å². The summed E-state index contributed by atoms with van der Waals surface area (Å²) in [7, 11) is 0. The van der Waals surface area contributed by atoms with E-state index in [-0.39, 0.29) is 12.2 Å². The van der Waals surface area contributed by atoms with Gasteiger partial charge in [-0.2, -0.15) is 17.6 Å². The number of carbonyl (C=O) groups is 1. The van der Waals surface area contributed by atoms with E-state index >= 15 is 0 Å². The standard InChI is InChI=1S/C14H14F4O2/c1-2-3-8-20-13(19)12(15)9-10-4-6-11(7-5-10)14(16,17)18/h4-7,9H,2-3,8H2,1H3/b12-9-. The molecule has 0 radical (unpaired) electrons. The molecule has 0 bridgehead atoms. The van der Waals surface area contributed by atoms with E-state index in [9.17, 15) is 22.4 Å². The Balaban J connectivity index is 2.71. The molecule has 2 nitrogen and oxygen atoms in total. The Kier molecular flexibility index (Phi) is 5.73. The monoisotopic (exact) mass is 290 g/mol. The van der Waals surface area contributed by atoms with Crippen molar-refractivity contribution in [2.75, 3.05) is 6.61 Å². The van der Waals surface area contributed by atoms with Gasteiger partial charge in [-0.25, -0.2) is 4.79 Å². The fourth-order valence-corrected chi connectivity index (χ4v) is 1.35. The summed E-state index contributed by atoms with van der Waals surface area (Å²) >= 11 is 0. The van der Waals surface area contributed by atoms with Crippen LogP contribution in [0.2, 0.25) is 0 Å². The molecule has 1 aromatic rings. The van der Waals surface area contributed by atoms with E-state index in [0.29, 0.717) is 6.42 Å². The average Bonchev–Trinajstić information content (AvgIpc) is 2.38. The van der Waals surface area contributed by atoms with Gasteiger partial charge in [-0.3, -0.25) is 0 Å². The van der Waals surface area contributed by atoms with Crippen molar-refractivity contribution < 1.29 is 27.1 Å². The minimum atomic E-state index is -4.44. The average molecular weight is 290 g/mol. The van der Waals surface area contributed by atoms with E-state index < -0.39 is 23.5 Å². The van der Waals surface area contributed by atoms with Crippen LogP contribution < -0.4 is 0 Å². The highest BCUT2D eigenvalue weighted by molar-refractivity contribution is 5.91. The molecular weight excluding hydrogens is 276 g/mol. The maximum Gasteiger partial charge on any atom is 0.416 e. The van der Waals surface area contributed by atoms with Crippen LogP contribution in [0.25, 0.3) is 6.08 Å². The first-order valence-electron chi connectivity index (χ1n) is 6.06. The largest absolute Gasteiger partial charge is 0.460 e. The Morgan fingerprint density at radius 2 is 1.85 bits per heavy atom. The molecule has 0 amide bonds. The molecule has 0 aliphatic heterocycles. The van der Waals surface area contributed by atoms with Crippen LogP contribution in [0, 0.1) is 0 Å². The van der Waals surface area contributed by atoms with Crippen LogP contribution in [0.5, 0.6) is 0 Å². The lowest BCUT2D eigenvalue weighted by Gasteiger charge is -2.06. The smallest absolute Gasteiger partial charge is 0.416 e. The van der Waals surface area contributed by atoms with Crippen LogP contribution in [-0.2, 0) is 15.7 Å². The minimum absolute atomic E-state index is 0.115. The minimum Gasteiger partial charge on any atom is -0.460 e. The molecule has 6 heteroatoms. The zero-order valence-electron chi connectivity index (χ0n) is 10.8. The third-order valence-electron chi connectivity index (χ3n) is 2.46. The van der Waals surface area contributed by atoms with Crippen molar-refractivity contribution in [3.05, 3.63) is 41.2 Å². The number of hydrogen-bond acceptors (Lipinski definition) is 2. The molecule has 0 heterocycles. The molecule has 0 fully saturated rings. The maximum atomic E-state index is 13.4. The Labute approximate surface area is 114 Å². The van der Waals surface area contributed by atoms with Gasteiger partial charge in [0.2, 0.25) is 5.83 Å². The summed E-state index contributed by atoms with van der Waals surface area (Å²) in [4.78, 5) is 11.2. The van der Waals surface area contributed by atoms with Crippen LogP contribution in [0.1, 0.15) is 30.9 Å². The van der Waals surface area contributed by atoms with Crippen LogP contribution in [0.4, 0.5) is 17.6 Å². The summed E-state index contributed by atoms with van der Waals surface area (Å²) in [5, 5.41) is 0. The van der Waals surface area contributed by atoms with Crippen molar-refractivity contribution >= 4 is 12.0 Å². The van der Waals surface area contributed by atoms with Crippen molar-refractivity contribution in [2.45, 2.75) is 25.9 Å². The van der Waals surface area contributed by atoms with Crippen molar-refractivity contribution in [1.29, 1.82) is 0 Å². The van der Waals surface area contributed by atoms with Gasteiger partial charge < -0.3 is 4.74 Å². The molecule has 0 unspecified atom stereocenters. The van der Waals surface area contributed by atoms with E-state index in [0.717, 1.165) is 36.8 Å². The van der Waals surface area contributed by atoms with E-state index in [1.807, 2.05) is 6.92 Å². The van der Waals surface area contributed by atoms with Gasteiger partial charge in [0.15, 0.2) is 0 Å². The molecule has 110 valence electrons. The van der Waals surface area contributed by atoms with Gasteiger partial charge in [-0.15, -0.1) is 0 Å². The van der Waals surface area contributed by atoms with Gasteiger partial charge in [0.25, 0.3) is 0 Å². The third kappa shape index (κ3) is 5.03. The van der Waals surface area contributed by atoms with E-state index in [1.54, 1.807) is 0 Å². The number of unbranched alkanes of at least 4 members (excludes halogenated alkanes) is 1. The summed E-state index contributed by atoms with van der Waals surface area (Å²) in [6, 6.07) is 3.81. The number of hydrogen-bond donors (Lipinski definition) is 0. The Morgan fingerprint density at radius 1 is 1.25 bits per heavy atom. The van der Waals surface area contributed by atoms with Crippen LogP contribution in [0.3, 0.4) is 0 Å². The maximum absolute atomic E-state index is 13.4. The summed E-state index contributed by atoms with van der Waals surface area (Å²) in [6.07, 6.45) is -2.18. The van der Waals surface area contributed by atoms with Crippen LogP contribution in [-0.4, -0.2) is 12.6 Å². The third-order valence-corrected chi connectivity index (χ3v) is 2.46. The first kappa shape index (κ1) is 16.2. The number of alkyl halides is 3. The molecular formula is C14H14F4O2. The number of halogens is 4. The molecule has 0 saturated heterocycles. The van der Waals surface area contributed by atoms with Crippen molar-refractivity contribution in [3.63, 3.8) is 0 Å². The quantitative estimate of drug-likeness (QED) is 0.348. The lowest BCUT2D eigenvalue weighted by molar-refractivity contribution is -0.140. The van der Waals surface area contributed by atoms with Gasteiger partial charge in [0.05, 0.1) is 12.2 Å². The second kappa shape index (κ2) is 7.07. The molecule has 0 N–H and O–H groups in total. The molecule has 0 spiro atoms. The van der Waals surface area contributed by atoms with Crippen molar-refractivity contribution in [1.82, 2.24) is 0 Å². The predicted molar refractivity (Wildman–Crippen MR) is 66.4 cm³/mol. The van der Waals surface area contributed by atoms with Gasteiger partial charge in [-0.1, -0.05) is 25.5 Å². The number of benzene rings is 1. The lowest BCUT2D eigenvalue weighted by atomic mass is 10.1. The zero-order valence-corrected chi connectivity index (χ0v) is 10.8. The summed E-state index contributed by atoms with van der Waals surface area (Å²) in [5.41, 5.74) is -0.677. The van der Waals surface area contributed by atoms with Crippen molar-refractivity contribution in [3.8, 4) is 0 Å². The number of ether oxygens (including phenoxy) is 1. The number of carbonyl (C=O) groups excluding carboxylic acids is 1. The van der Waals surface area contributed by atoms with Crippen LogP contribution in [0.15, 0.2) is 30.1 Å². The van der Waals surface area contributed by atoms with Gasteiger partial charge in [0.1, 0.15) is 0 Å². The topological polar surface area (TPSA) is 26.3 Å². The molecule has 0 aromatic heterocycles. The molecule has 20 heavy (non-hydrogen) atoms. The summed E-state index contributed by atoms with van der Waals surface area (Å²) < 4.78 is 55.0. The molecule has 1 aromatic carbocycles. The lowest BCUT2D eigenvalue weighted by Crippen LogP contribution is -2.06. The van der Waals surface area contributed by atoms with Crippen LogP contribution >= 0.6 is 0 Å². The normalized spacial score (nSPS) is 12.3. The van der Waals surface area contributed by atoms with E-state index in [1.165, 1.54) is 0 Å². The summed E-state index contributed by atoms with van der Waals surface area (Å²) in [6.45, 7) is 2.01.